The fourth-order valence-electron chi connectivity index (χ4n) is 7.98. The van der Waals surface area contributed by atoms with Crippen molar-refractivity contribution in [3.63, 3.8) is 0 Å². The average Bonchev–Trinajstić information content (AvgIpc) is 3.60. The molecule has 0 aromatic rings. The Labute approximate surface area is 613 Å². The molecule has 0 aliphatic heterocycles. The maximum atomic E-state index is 10.5. The second kappa shape index (κ2) is 186. The van der Waals surface area contributed by atoms with Crippen LogP contribution in [0.4, 0.5) is 0 Å². The van der Waals surface area contributed by atoms with Crippen LogP contribution in [-0.4, -0.2) is 5.78 Å². The zero-order valence-electron chi connectivity index (χ0n) is 74.7. The summed E-state index contributed by atoms with van der Waals surface area (Å²) >= 11 is 0. The molecule has 0 aromatic carbocycles. The Bertz CT molecular complexity index is 563. The largest absolute Gasteiger partial charge is 0.300 e. The molecule has 0 aromatic heterocycles. The summed E-state index contributed by atoms with van der Waals surface area (Å²) in [7, 11) is 0. The molecule has 94 heavy (non-hydrogen) atoms. The van der Waals surface area contributed by atoms with E-state index >= 15 is 0 Å². The molecule has 1 heteroatoms. The minimum atomic E-state index is 0.330. The number of ketones is 1. The fraction of sp³-hybridized carbons (Fsp3) is 0.989. The number of unbranched alkanes of at least 4 members (excludes halogenated alkanes) is 46. The molecular formula is C93H214O. The minimum absolute atomic E-state index is 0.330. The Hall–Kier alpha value is -0.330. The Morgan fingerprint density at radius 1 is 0.117 bits per heavy atom. The molecular weight excluding hydrogens is 1130 g/mol. The summed E-state index contributed by atoms with van der Waals surface area (Å²) in [5.74, 6) is 0.330. The highest BCUT2D eigenvalue weighted by Gasteiger charge is 1.92. The summed E-state index contributed by atoms with van der Waals surface area (Å²) in [5.41, 5.74) is 0. The molecule has 1 nitrogen and oxygen atoms in total. The van der Waals surface area contributed by atoms with Crippen molar-refractivity contribution in [2.24, 2.45) is 0 Å². The van der Waals surface area contributed by atoms with Gasteiger partial charge >= 0.3 is 0 Å². The lowest BCUT2D eigenvalue weighted by atomic mass is 10.1. The van der Waals surface area contributed by atoms with E-state index in [0.717, 1.165) is 12.8 Å². The second-order valence-corrected chi connectivity index (χ2v) is 26.8. The minimum Gasteiger partial charge on any atom is -0.300 e. The molecule has 0 saturated carbocycles. The molecule has 0 unspecified atom stereocenters. The molecule has 0 saturated heterocycles. The summed E-state index contributed by atoms with van der Waals surface area (Å²) in [5, 5.41) is 0. The molecule has 0 spiro atoms. The van der Waals surface area contributed by atoms with Gasteiger partial charge in [-0.3, -0.25) is 0 Å². The van der Waals surface area contributed by atoms with Gasteiger partial charge in [-0.05, 0) is 13.3 Å². The van der Waals surface area contributed by atoms with Crippen molar-refractivity contribution < 1.29 is 4.79 Å². The predicted molar refractivity (Wildman–Crippen MR) is 461 cm³/mol. The highest BCUT2D eigenvalue weighted by atomic mass is 16.1. The lowest BCUT2D eigenvalue weighted by Crippen LogP contribution is -1.88. The smallest absolute Gasteiger partial charge is 0.129 e. The summed E-state index contributed by atoms with van der Waals surface area (Å²) in [6.45, 7) is 66.4. The van der Waals surface area contributed by atoms with Gasteiger partial charge in [0.25, 0.3) is 0 Å². The normalized spacial score (nSPS) is 9.09. The standard InChI is InChI=1S/C9H18O.14C6H14/c1-3-4-5-6-7-8-9(2)10;14*1-3-5-6-4-2/h3-8H2,1-2H3;14*3-6H2,1-2H3. The SMILES string of the molecule is CCCCCC.CCCCCC.CCCCCC.CCCCCC.CCCCCC.CCCCCC.CCCCCC.CCCCCC.CCCCCC.CCCCCC.CCCCCC.CCCCCC.CCCCCC.CCCCCC.CCCCCCCC(C)=O. The summed E-state index contributed by atoms with van der Waals surface area (Å²) in [6.07, 6.45) is 84.5. The van der Waals surface area contributed by atoms with Crippen molar-refractivity contribution >= 4 is 5.78 Å². The average molecular weight is 1350 g/mol. The fourth-order valence-corrected chi connectivity index (χ4v) is 7.98. The molecule has 0 amide bonds. The lowest BCUT2D eigenvalue weighted by Gasteiger charge is -1.95. The maximum absolute atomic E-state index is 10.5. The molecule has 0 fully saturated rings. The van der Waals surface area contributed by atoms with Crippen LogP contribution in [0.25, 0.3) is 0 Å². The quantitative estimate of drug-likeness (QED) is 0.0555. The monoisotopic (exact) mass is 1350 g/mol. The van der Waals surface area contributed by atoms with E-state index in [1.165, 1.54) is 385 Å². The highest BCUT2D eigenvalue weighted by Crippen LogP contribution is 2.06. The van der Waals surface area contributed by atoms with Gasteiger partial charge < -0.3 is 4.79 Å². The van der Waals surface area contributed by atoms with Crippen molar-refractivity contribution in [3.8, 4) is 0 Å². The summed E-state index contributed by atoms with van der Waals surface area (Å²) in [4.78, 5) is 10.5. The first kappa shape index (κ1) is 130. The molecule has 0 bridgehead atoms. The molecule has 0 rings (SSSR count). The Kier molecular flexibility index (Phi) is 257. The van der Waals surface area contributed by atoms with E-state index < -0.39 is 0 Å². The van der Waals surface area contributed by atoms with E-state index in [2.05, 4.69) is 201 Å². The number of hydrogen-bond donors (Lipinski definition) is 0. The molecule has 0 aliphatic rings. The van der Waals surface area contributed by atoms with Crippen LogP contribution in [0.15, 0.2) is 0 Å². The van der Waals surface area contributed by atoms with Crippen LogP contribution in [0.5, 0.6) is 0 Å². The van der Waals surface area contributed by atoms with Crippen molar-refractivity contribution in [2.75, 3.05) is 0 Å². The number of rotatable bonds is 48. The van der Waals surface area contributed by atoms with E-state index in [1.807, 2.05) is 0 Å². The van der Waals surface area contributed by atoms with Crippen LogP contribution in [0.2, 0.25) is 0 Å². The third kappa shape index (κ3) is 318. The van der Waals surface area contributed by atoms with Crippen molar-refractivity contribution in [3.05, 3.63) is 0 Å². The lowest BCUT2D eigenvalue weighted by molar-refractivity contribution is -0.117. The van der Waals surface area contributed by atoms with Gasteiger partial charge in [0, 0.05) is 6.42 Å². The van der Waals surface area contributed by atoms with Gasteiger partial charge in [-0.15, -0.1) is 0 Å². The first-order chi connectivity index (χ1) is 45.6. The first-order valence-electron chi connectivity index (χ1n) is 45.1. The molecule has 0 heterocycles. The number of hydrogen-bond acceptors (Lipinski definition) is 1. The van der Waals surface area contributed by atoms with Gasteiger partial charge in [-0.1, -0.05) is 586 Å². The van der Waals surface area contributed by atoms with Gasteiger partial charge in [-0.2, -0.15) is 0 Å². The molecule has 0 radical (unpaired) electrons. The predicted octanol–water partition coefficient (Wildman–Crippen LogP) is 39.1. The Balaban J connectivity index is -0.0000000549. The Morgan fingerprint density at radius 2 is 0.181 bits per heavy atom. The zero-order chi connectivity index (χ0) is 75.4. The van der Waals surface area contributed by atoms with E-state index in [4.69, 9.17) is 0 Å². The van der Waals surface area contributed by atoms with Crippen LogP contribution in [0, 0.1) is 0 Å². The molecule has 0 atom stereocenters. The first-order valence-corrected chi connectivity index (χ1v) is 45.1. The second-order valence-electron chi connectivity index (χ2n) is 26.8. The molecule has 592 valence electrons. The maximum Gasteiger partial charge on any atom is 0.129 e. The highest BCUT2D eigenvalue weighted by molar-refractivity contribution is 5.75. The van der Waals surface area contributed by atoms with Gasteiger partial charge in [-0.25, -0.2) is 0 Å². The van der Waals surface area contributed by atoms with Gasteiger partial charge in [0.2, 0.25) is 0 Å². The third-order valence-electron chi connectivity index (χ3n) is 15.0. The van der Waals surface area contributed by atoms with Gasteiger partial charge in [0.05, 0.1) is 0 Å². The van der Waals surface area contributed by atoms with E-state index in [0.29, 0.717) is 5.78 Å². The topological polar surface area (TPSA) is 17.1 Å². The van der Waals surface area contributed by atoms with E-state index in [1.54, 1.807) is 6.92 Å². The molecule has 0 aliphatic carbocycles. The number of carbonyl (C=O) groups is 1. The van der Waals surface area contributed by atoms with Crippen molar-refractivity contribution in [1.82, 2.24) is 0 Å². The number of carbonyl (C=O) groups excluding carboxylic acids is 1. The third-order valence-corrected chi connectivity index (χ3v) is 15.0. The van der Waals surface area contributed by atoms with Crippen molar-refractivity contribution in [2.45, 2.75) is 606 Å². The van der Waals surface area contributed by atoms with Crippen LogP contribution < -0.4 is 0 Å². The van der Waals surface area contributed by atoms with Crippen LogP contribution >= 0.6 is 0 Å². The summed E-state index contributed by atoms with van der Waals surface area (Å²) < 4.78 is 0. The van der Waals surface area contributed by atoms with Crippen LogP contribution in [0.1, 0.15) is 606 Å². The Morgan fingerprint density at radius 3 is 0.245 bits per heavy atom. The number of Topliss-reactive ketones (excluding diaryl/α,β-unsaturated/α-hetero) is 1. The summed E-state index contributed by atoms with van der Waals surface area (Å²) in [6, 6.07) is 0. The van der Waals surface area contributed by atoms with Gasteiger partial charge in [0.15, 0.2) is 0 Å². The zero-order valence-corrected chi connectivity index (χ0v) is 74.7. The van der Waals surface area contributed by atoms with E-state index in [-0.39, 0.29) is 0 Å². The van der Waals surface area contributed by atoms with Crippen molar-refractivity contribution in [1.29, 1.82) is 0 Å². The van der Waals surface area contributed by atoms with Gasteiger partial charge in [0.1, 0.15) is 5.78 Å². The van der Waals surface area contributed by atoms with E-state index in [9.17, 15) is 4.79 Å². The van der Waals surface area contributed by atoms with Crippen LogP contribution in [0.3, 0.4) is 0 Å². The van der Waals surface area contributed by atoms with Crippen LogP contribution in [-0.2, 0) is 4.79 Å². The molecule has 0 N–H and O–H groups in total.